The molecule has 1 radical (unpaired) electrons. The maximum absolute atomic E-state index is 5.02. The molecule has 59 valence electrons. The summed E-state index contributed by atoms with van der Waals surface area (Å²) >= 11 is 0. The lowest BCUT2D eigenvalue weighted by atomic mass is 10.1. The molecular formula is C9H7N2O. The van der Waals surface area contributed by atoms with E-state index in [1.165, 1.54) is 6.39 Å². The molecule has 1 aromatic carbocycles. The lowest BCUT2D eigenvalue weighted by Crippen LogP contribution is -1.77. The first kappa shape index (κ1) is 7.03. The highest BCUT2D eigenvalue weighted by atomic mass is 16.4. The van der Waals surface area contributed by atoms with Crippen LogP contribution in [0.3, 0.4) is 0 Å². The fraction of sp³-hybridized carbons (Fsp3) is 0. The summed E-state index contributed by atoms with van der Waals surface area (Å²) in [6, 6.07) is 7.60. The Morgan fingerprint density at radius 2 is 1.92 bits per heavy atom. The minimum absolute atomic E-state index is 0.537. The Labute approximate surface area is 70.1 Å². The maximum Gasteiger partial charge on any atom is 0.247 e. The summed E-state index contributed by atoms with van der Waals surface area (Å²) in [5.74, 6) is 0.537. The van der Waals surface area contributed by atoms with Gasteiger partial charge in [-0.15, -0.1) is 10.2 Å². The average molecular weight is 159 g/mol. The van der Waals surface area contributed by atoms with Crippen molar-refractivity contribution < 1.29 is 4.42 Å². The van der Waals surface area contributed by atoms with Crippen LogP contribution in [0.4, 0.5) is 0 Å². The van der Waals surface area contributed by atoms with Crippen LogP contribution < -0.4 is 0 Å². The van der Waals surface area contributed by atoms with Crippen LogP contribution in [0.15, 0.2) is 35.1 Å². The summed E-state index contributed by atoms with van der Waals surface area (Å²) in [5.41, 5.74) is 1.89. The third kappa shape index (κ3) is 1.21. The van der Waals surface area contributed by atoms with E-state index in [0.717, 1.165) is 11.1 Å². The number of benzene rings is 1. The molecule has 1 aromatic heterocycles. The molecule has 0 saturated heterocycles. The third-order valence-electron chi connectivity index (χ3n) is 1.56. The summed E-state index contributed by atoms with van der Waals surface area (Å²) in [4.78, 5) is 0. The van der Waals surface area contributed by atoms with Crippen molar-refractivity contribution in [1.29, 1.82) is 0 Å². The van der Waals surface area contributed by atoms with E-state index in [9.17, 15) is 0 Å². The second-order valence-electron chi connectivity index (χ2n) is 2.44. The molecule has 1 heterocycles. The quantitative estimate of drug-likeness (QED) is 0.638. The standard InChI is InChI=1S/C9H7N2O/c1-7-2-4-8(5-3-7)9-11-10-6-12-9/h2-6H,1H2. The number of hydrogen-bond donors (Lipinski definition) is 0. The molecule has 0 bridgehead atoms. The largest absolute Gasteiger partial charge is 0.423 e. The molecule has 0 atom stereocenters. The van der Waals surface area contributed by atoms with Gasteiger partial charge in [0.2, 0.25) is 12.3 Å². The first-order chi connectivity index (χ1) is 5.86. The molecule has 3 nitrogen and oxygen atoms in total. The van der Waals surface area contributed by atoms with Crippen LogP contribution in [-0.2, 0) is 0 Å². The van der Waals surface area contributed by atoms with E-state index in [0.29, 0.717) is 5.89 Å². The number of rotatable bonds is 1. The van der Waals surface area contributed by atoms with Gasteiger partial charge in [-0.2, -0.15) is 0 Å². The Hall–Kier alpha value is -1.64. The summed E-state index contributed by atoms with van der Waals surface area (Å²) in [6.07, 6.45) is 1.31. The van der Waals surface area contributed by atoms with E-state index in [1.54, 1.807) is 0 Å². The minimum Gasteiger partial charge on any atom is -0.423 e. The van der Waals surface area contributed by atoms with Gasteiger partial charge >= 0.3 is 0 Å². The minimum atomic E-state index is 0.537. The van der Waals surface area contributed by atoms with Gasteiger partial charge < -0.3 is 4.42 Å². The summed E-state index contributed by atoms with van der Waals surface area (Å²) in [7, 11) is 0. The van der Waals surface area contributed by atoms with E-state index >= 15 is 0 Å². The SMILES string of the molecule is [CH2]c1ccc(-c2nnco2)cc1. The van der Waals surface area contributed by atoms with Gasteiger partial charge in [0.1, 0.15) is 0 Å². The number of nitrogens with zero attached hydrogens (tertiary/aromatic N) is 2. The fourth-order valence-corrected chi connectivity index (χ4v) is 0.946. The summed E-state index contributed by atoms with van der Waals surface area (Å²) < 4.78 is 5.02. The van der Waals surface area contributed by atoms with Crippen molar-refractivity contribution in [1.82, 2.24) is 10.2 Å². The van der Waals surface area contributed by atoms with Gasteiger partial charge in [-0.05, 0) is 24.6 Å². The van der Waals surface area contributed by atoms with E-state index in [-0.39, 0.29) is 0 Å². The highest BCUT2D eigenvalue weighted by Crippen LogP contribution is 2.15. The second kappa shape index (κ2) is 2.77. The highest BCUT2D eigenvalue weighted by Gasteiger charge is 2.00. The molecule has 0 fully saturated rings. The van der Waals surface area contributed by atoms with Crippen LogP contribution in [-0.4, -0.2) is 10.2 Å². The molecule has 0 amide bonds. The lowest BCUT2D eigenvalue weighted by Gasteiger charge is -1.93. The van der Waals surface area contributed by atoms with Crippen molar-refractivity contribution in [3.63, 3.8) is 0 Å². The zero-order valence-corrected chi connectivity index (χ0v) is 6.40. The lowest BCUT2D eigenvalue weighted by molar-refractivity contribution is 0.568. The number of hydrogen-bond acceptors (Lipinski definition) is 3. The van der Waals surface area contributed by atoms with E-state index in [1.807, 2.05) is 24.3 Å². The zero-order chi connectivity index (χ0) is 8.39. The third-order valence-corrected chi connectivity index (χ3v) is 1.56. The Balaban J connectivity index is 2.43. The van der Waals surface area contributed by atoms with Gasteiger partial charge in [0, 0.05) is 5.56 Å². The van der Waals surface area contributed by atoms with Crippen LogP contribution in [0, 0.1) is 6.92 Å². The Kier molecular flexibility index (Phi) is 1.63. The van der Waals surface area contributed by atoms with Crippen molar-refractivity contribution in [2.24, 2.45) is 0 Å². The summed E-state index contributed by atoms with van der Waals surface area (Å²) in [6.45, 7) is 3.78. The highest BCUT2D eigenvalue weighted by molar-refractivity contribution is 5.52. The van der Waals surface area contributed by atoms with Gasteiger partial charge in [-0.1, -0.05) is 12.1 Å². The monoisotopic (exact) mass is 159 g/mol. The maximum atomic E-state index is 5.02. The van der Waals surface area contributed by atoms with E-state index in [2.05, 4.69) is 17.1 Å². The molecule has 0 aliphatic rings. The van der Waals surface area contributed by atoms with Crippen LogP contribution >= 0.6 is 0 Å². The molecule has 3 heteroatoms. The van der Waals surface area contributed by atoms with Crippen LogP contribution in [0.25, 0.3) is 11.5 Å². The Morgan fingerprint density at radius 1 is 1.17 bits per heavy atom. The van der Waals surface area contributed by atoms with Gasteiger partial charge in [-0.3, -0.25) is 0 Å². The smallest absolute Gasteiger partial charge is 0.247 e. The van der Waals surface area contributed by atoms with E-state index < -0.39 is 0 Å². The van der Waals surface area contributed by atoms with Gasteiger partial charge in [0.05, 0.1) is 0 Å². The van der Waals surface area contributed by atoms with E-state index in [4.69, 9.17) is 4.42 Å². The van der Waals surface area contributed by atoms with Crippen LogP contribution in [0.1, 0.15) is 5.56 Å². The molecule has 0 aliphatic heterocycles. The molecular weight excluding hydrogens is 152 g/mol. The molecule has 0 saturated carbocycles. The summed E-state index contributed by atoms with van der Waals surface area (Å²) in [5, 5.41) is 7.37. The first-order valence-electron chi connectivity index (χ1n) is 3.55. The molecule has 2 rings (SSSR count). The van der Waals surface area contributed by atoms with Crippen molar-refractivity contribution in [2.75, 3.05) is 0 Å². The van der Waals surface area contributed by atoms with Gasteiger partial charge in [0.15, 0.2) is 0 Å². The topological polar surface area (TPSA) is 38.9 Å². The average Bonchev–Trinajstić information content (AvgIpc) is 2.58. The molecule has 0 unspecified atom stereocenters. The predicted molar refractivity (Wildman–Crippen MR) is 44.2 cm³/mol. The number of aromatic nitrogens is 2. The Morgan fingerprint density at radius 3 is 2.50 bits per heavy atom. The van der Waals surface area contributed by atoms with Crippen LogP contribution in [0.2, 0.25) is 0 Å². The molecule has 0 N–H and O–H groups in total. The molecule has 0 spiro atoms. The molecule has 2 aromatic rings. The van der Waals surface area contributed by atoms with Crippen LogP contribution in [0.5, 0.6) is 0 Å². The van der Waals surface area contributed by atoms with Gasteiger partial charge in [0.25, 0.3) is 0 Å². The zero-order valence-electron chi connectivity index (χ0n) is 6.40. The fourth-order valence-electron chi connectivity index (χ4n) is 0.946. The normalized spacial score (nSPS) is 10.1. The van der Waals surface area contributed by atoms with Gasteiger partial charge in [-0.25, -0.2) is 0 Å². The van der Waals surface area contributed by atoms with Crippen molar-refractivity contribution >= 4 is 0 Å². The Bertz CT molecular complexity index is 351. The van der Waals surface area contributed by atoms with Crippen molar-refractivity contribution in [3.05, 3.63) is 43.1 Å². The van der Waals surface area contributed by atoms with Crippen molar-refractivity contribution in [2.45, 2.75) is 0 Å². The first-order valence-corrected chi connectivity index (χ1v) is 3.55. The predicted octanol–water partition coefficient (Wildman–Crippen LogP) is 1.92. The van der Waals surface area contributed by atoms with Crippen molar-refractivity contribution in [3.8, 4) is 11.5 Å². The molecule has 12 heavy (non-hydrogen) atoms. The second-order valence-corrected chi connectivity index (χ2v) is 2.44. The molecule has 0 aliphatic carbocycles.